The predicted molar refractivity (Wildman–Crippen MR) is 77.5 cm³/mol. The molecule has 0 aromatic carbocycles. The number of hydrogen-bond acceptors (Lipinski definition) is 4. The van der Waals surface area contributed by atoms with Gasteiger partial charge >= 0.3 is 5.97 Å². The molecule has 2 rings (SSSR count). The van der Waals surface area contributed by atoms with Crippen molar-refractivity contribution in [1.29, 1.82) is 0 Å². The number of rotatable bonds is 7. The molecule has 1 N–H and O–H groups in total. The molecule has 1 saturated carbocycles. The van der Waals surface area contributed by atoms with Crippen molar-refractivity contribution in [2.75, 3.05) is 13.7 Å². The van der Waals surface area contributed by atoms with Crippen LogP contribution in [0.25, 0.3) is 0 Å². The Balaban J connectivity index is 2.31. The Hall–Kier alpha value is -1.36. The molecule has 0 aliphatic heterocycles. The van der Waals surface area contributed by atoms with Crippen molar-refractivity contribution >= 4 is 5.97 Å². The molecule has 0 radical (unpaired) electrons. The summed E-state index contributed by atoms with van der Waals surface area (Å²) >= 11 is 0. The molecule has 1 aliphatic carbocycles. The second kappa shape index (κ2) is 5.95. The zero-order valence-electron chi connectivity index (χ0n) is 12.8. The van der Waals surface area contributed by atoms with Gasteiger partial charge in [0.25, 0.3) is 0 Å². The topological polar surface area (TPSA) is 56.2 Å². The molecule has 1 aliphatic rings. The maximum absolute atomic E-state index is 12.4. The fourth-order valence-corrected chi connectivity index (χ4v) is 2.93. The summed E-state index contributed by atoms with van der Waals surface area (Å²) in [5.41, 5.74) is -0.617. The van der Waals surface area contributed by atoms with Gasteiger partial charge in [-0.1, -0.05) is 20.8 Å². The molecule has 1 unspecified atom stereocenters. The van der Waals surface area contributed by atoms with Crippen molar-refractivity contribution in [2.24, 2.45) is 5.92 Å². The van der Waals surface area contributed by atoms with E-state index in [9.17, 15) is 4.79 Å². The lowest BCUT2D eigenvalue weighted by Crippen LogP contribution is -2.57. The molecule has 1 heterocycles. The van der Waals surface area contributed by atoms with Crippen LogP contribution < -0.4 is 5.32 Å². The minimum Gasteiger partial charge on any atom is -0.468 e. The quantitative estimate of drug-likeness (QED) is 0.775. The van der Waals surface area contributed by atoms with E-state index in [1.54, 1.807) is 6.20 Å². The summed E-state index contributed by atoms with van der Waals surface area (Å²) in [6, 6.07) is 0. The number of hydrogen-bond donors (Lipinski definition) is 1. The Morgan fingerprint density at radius 3 is 2.80 bits per heavy atom. The minimum atomic E-state index is -0.617. The first-order chi connectivity index (χ1) is 9.55. The summed E-state index contributed by atoms with van der Waals surface area (Å²) in [4.78, 5) is 16.8. The molecule has 0 amide bonds. The lowest BCUT2D eigenvalue weighted by molar-refractivity contribution is -0.150. The molecule has 0 bridgehead atoms. The number of carbonyl (C=O) groups excluding carboxylic acids is 1. The van der Waals surface area contributed by atoms with Gasteiger partial charge in [-0.2, -0.15) is 0 Å². The number of carbonyl (C=O) groups is 1. The Labute approximate surface area is 120 Å². The van der Waals surface area contributed by atoms with Gasteiger partial charge in [0, 0.05) is 18.3 Å². The number of likely N-dealkylation sites (N-methyl/N-ethyl adjacent to an activating group) is 1. The van der Waals surface area contributed by atoms with Crippen LogP contribution in [0.5, 0.6) is 0 Å². The highest BCUT2D eigenvalue weighted by Gasteiger charge is 2.51. The molecular formula is C15H25N3O2. The largest absolute Gasteiger partial charge is 0.468 e. The summed E-state index contributed by atoms with van der Waals surface area (Å²) in [5, 5.41) is 3.39. The first kappa shape index (κ1) is 15.0. The molecule has 5 nitrogen and oxygen atoms in total. The molecule has 0 spiro atoms. The highest BCUT2D eigenvalue weighted by Crippen LogP contribution is 2.41. The maximum atomic E-state index is 12.4. The van der Waals surface area contributed by atoms with E-state index in [1.165, 1.54) is 7.11 Å². The third kappa shape index (κ3) is 2.73. The summed E-state index contributed by atoms with van der Waals surface area (Å²) in [6.07, 6.45) is 5.91. The molecule has 0 saturated heterocycles. The van der Waals surface area contributed by atoms with Gasteiger partial charge < -0.3 is 14.6 Å². The van der Waals surface area contributed by atoms with Gasteiger partial charge in [0.1, 0.15) is 11.4 Å². The normalized spacial score (nSPS) is 18.1. The minimum absolute atomic E-state index is 0.162. The highest BCUT2D eigenvalue weighted by molar-refractivity contribution is 5.81. The van der Waals surface area contributed by atoms with Crippen molar-refractivity contribution in [1.82, 2.24) is 14.9 Å². The molecule has 5 heteroatoms. The third-order valence-electron chi connectivity index (χ3n) is 4.00. The Morgan fingerprint density at radius 1 is 1.60 bits per heavy atom. The lowest BCUT2D eigenvalue weighted by atomic mass is 9.92. The summed E-state index contributed by atoms with van der Waals surface area (Å²) in [7, 11) is 1.47. The number of nitrogens with zero attached hydrogens (tertiary/aromatic N) is 2. The highest BCUT2D eigenvalue weighted by atomic mass is 16.5. The third-order valence-corrected chi connectivity index (χ3v) is 4.00. The van der Waals surface area contributed by atoms with Crippen molar-refractivity contribution < 1.29 is 9.53 Å². The summed E-state index contributed by atoms with van der Waals surface area (Å²) in [6.45, 7) is 7.59. The van der Waals surface area contributed by atoms with Crippen LogP contribution in [-0.2, 0) is 16.1 Å². The molecule has 112 valence electrons. The van der Waals surface area contributed by atoms with Crippen LogP contribution in [0.3, 0.4) is 0 Å². The monoisotopic (exact) mass is 279 g/mol. The van der Waals surface area contributed by atoms with Gasteiger partial charge in [-0.05, 0) is 25.3 Å². The zero-order chi connectivity index (χ0) is 14.8. The number of aromatic nitrogens is 2. The van der Waals surface area contributed by atoms with Crippen LogP contribution in [0.2, 0.25) is 0 Å². The first-order valence-corrected chi connectivity index (χ1v) is 7.39. The van der Waals surface area contributed by atoms with Crippen LogP contribution in [-0.4, -0.2) is 34.7 Å². The standard InChI is InChI=1S/C15H25N3O2/c1-5-17-15(12-6-7-12,14(19)20-4)10-18-9-8-16-13(18)11(2)3/h8-9,11-12,17H,5-7,10H2,1-4H3. The van der Waals surface area contributed by atoms with Gasteiger partial charge in [0.05, 0.1) is 13.7 Å². The smallest absolute Gasteiger partial charge is 0.328 e. The maximum Gasteiger partial charge on any atom is 0.328 e. The van der Waals surface area contributed by atoms with Crippen molar-refractivity contribution in [3.05, 3.63) is 18.2 Å². The summed E-state index contributed by atoms with van der Waals surface area (Å²) in [5.74, 6) is 1.54. The number of imidazole rings is 1. The zero-order valence-corrected chi connectivity index (χ0v) is 12.8. The van der Waals surface area contributed by atoms with E-state index in [4.69, 9.17) is 4.74 Å². The molecular weight excluding hydrogens is 254 g/mol. The number of esters is 1. The molecule has 20 heavy (non-hydrogen) atoms. The fourth-order valence-electron chi connectivity index (χ4n) is 2.93. The predicted octanol–water partition coefficient (Wildman–Crippen LogP) is 1.94. The Morgan fingerprint density at radius 2 is 2.30 bits per heavy atom. The van der Waals surface area contributed by atoms with E-state index in [2.05, 4.69) is 28.7 Å². The molecule has 1 fully saturated rings. The Bertz CT molecular complexity index is 465. The molecule has 1 atom stereocenters. The van der Waals surface area contributed by atoms with Crippen LogP contribution in [0.4, 0.5) is 0 Å². The van der Waals surface area contributed by atoms with Crippen LogP contribution >= 0.6 is 0 Å². The van der Waals surface area contributed by atoms with Gasteiger partial charge in [-0.3, -0.25) is 0 Å². The van der Waals surface area contributed by atoms with Crippen molar-refractivity contribution in [2.45, 2.75) is 51.6 Å². The van der Waals surface area contributed by atoms with E-state index < -0.39 is 5.54 Å². The van der Waals surface area contributed by atoms with E-state index >= 15 is 0 Å². The van der Waals surface area contributed by atoms with Gasteiger partial charge in [-0.25, -0.2) is 9.78 Å². The van der Waals surface area contributed by atoms with E-state index in [1.807, 2.05) is 13.1 Å². The van der Waals surface area contributed by atoms with Crippen molar-refractivity contribution in [3.63, 3.8) is 0 Å². The average molecular weight is 279 g/mol. The van der Waals surface area contributed by atoms with Crippen LogP contribution in [0, 0.1) is 5.92 Å². The number of ether oxygens (including phenoxy) is 1. The van der Waals surface area contributed by atoms with E-state index in [0.717, 1.165) is 25.2 Å². The van der Waals surface area contributed by atoms with Crippen LogP contribution in [0.1, 0.15) is 45.4 Å². The van der Waals surface area contributed by atoms with Crippen molar-refractivity contribution in [3.8, 4) is 0 Å². The van der Waals surface area contributed by atoms with Gasteiger partial charge in [-0.15, -0.1) is 0 Å². The fraction of sp³-hybridized carbons (Fsp3) is 0.733. The van der Waals surface area contributed by atoms with Crippen LogP contribution in [0.15, 0.2) is 12.4 Å². The SMILES string of the molecule is CCNC(Cn1ccnc1C(C)C)(C(=O)OC)C1CC1. The first-order valence-electron chi connectivity index (χ1n) is 7.39. The lowest BCUT2D eigenvalue weighted by Gasteiger charge is -2.33. The van der Waals surface area contributed by atoms with Gasteiger partial charge in [0.2, 0.25) is 0 Å². The second-order valence-electron chi connectivity index (χ2n) is 5.84. The second-order valence-corrected chi connectivity index (χ2v) is 5.84. The number of methoxy groups -OCH3 is 1. The Kier molecular flexibility index (Phi) is 4.48. The molecule has 1 aromatic heterocycles. The summed E-state index contributed by atoms with van der Waals surface area (Å²) < 4.78 is 7.17. The van der Waals surface area contributed by atoms with E-state index in [-0.39, 0.29) is 5.97 Å². The molecule has 1 aromatic rings. The van der Waals surface area contributed by atoms with Gasteiger partial charge in [0.15, 0.2) is 0 Å². The number of nitrogens with one attached hydrogen (secondary N) is 1. The van der Waals surface area contributed by atoms with E-state index in [0.29, 0.717) is 18.4 Å². The average Bonchev–Trinajstić information content (AvgIpc) is 3.17.